The first-order valence-electron chi connectivity index (χ1n) is 5.90. The molecule has 86 valence electrons. The van der Waals surface area contributed by atoms with E-state index in [2.05, 4.69) is 5.32 Å². The van der Waals surface area contributed by atoms with Crippen molar-refractivity contribution in [1.29, 1.82) is 0 Å². The Balaban J connectivity index is 1.67. The molecule has 0 aromatic rings. The minimum Gasteiger partial charge on any atom is -0.355 e. The maximum atomic E-state index is 11.8. The molecule has 4 heteroatoms. The zero-order valence-electron chi connectivity index (χ0n) is 9.08. The Hall–Kier alpha value is -0.220. The molecule has 0 aromatic carbocycles. The Bertz CT molecular complexity index is 229. The minimum atomic E-state index is 0.186. The predicted octanol–water partition coefficient (Wildman–Crippen LogP) is 1.13. The molecule has 0 radical (unpaired) electrons. The standard InChI is InChI=1S/C11H20N2OS/c12-9-4-3-8(6-9)11(14)13-7-10-2-1-5-15-10/h8-10H,1-7,12H2,(H,13,14). The van der Waals surface area contributed by atoms with E-state index in [1.165, 1.54) is 18.6 Å². The van der Waals surface area contributed by atoms with Gasteiger partial charge in [-0.3, -0.25) is 4.79 Å². The van der Waals surface area contributed by atoms with Crippen LogP contribution in [0.1, 0.15) is 32.1 Å². The van der Waals surface area contributed by atoms with Gasteiger partial charge in [-0.2, -0.15) is 11.8 Å². The van der Waals surface area contributed by atoms with Crippen molar-refractivity contribution in [3.8, 4) is 0 Å². The number of hydrogen-bond donors (Lipinski definition) is 2. The number of hydrogen-bond acceptors (Lipinski definition) is 3. The summed E-state index contributed by atoms with van der Waals surface area (Å²) < 4.78 is 0. The van der Waals surface area contributed by atoms with E-state index in [1.807, 2.05) is 11.8 Å². The Morgan fingerprint density at radius 2 is 2.27 bits per heavy atom. The van der Waals surface area contributed by atoms with Gasteiger partial charge in [0.25, 0.3) is 0 Å². The van der Waals surface area contributed by atoms with E-state index in [9.17, 15) is 4.79 Å². The summed E-state index contributed by atoms with van der Waals surface area (Å²) >= 11 is 1.99. The molecule has 2 aliphatic rings. The van der Waals surface area contributed by atoms with Crippen LogP contribution < -0.4 is 11.1 Å². The van der Waals surface area contributed by atoms with Gasteiger partial charge in [0.2, 0.25) is 5.91 Å². The fourth-order valence-corrected chi connectivity index (χ4v) is 3.62. The van der Waals surface area contributed by atoms with Gasteiger partial charge in [0.1, 0.15) is 0 Å². The average molecular weight is 228 g/mol. The van der Waals surface area contributed by atoms with E-state index in [0.29, 0.717) is 5.25 Å². The lowest BCUT2D eigenvalue weighted by Crippen LogP contribution is -2.34. The maximum absolute atomic E-state index is 11.8. The molecular weight excluding hydrogens is 208 g/mol. The van der Waals surface area contributed by atoms with Gasteiger partial charge in [-0.25, -0.2) is 0 Å². The zero-order valence-corrected chi connectivity index (χ0v) is 9.89. The Labute approximate surface area is 95.6 Å². The number of amides is 1. The van der Waals surface area contributed by atoms with Crippen molar-refractivity contribution >= 4 is 17.7 Å². The van der Waals surface area contributed by atoms with E-state index in [0.717, 1.165) is 25.8 Å². The fourth-order valence-electron chi connectivity index (χ4n) is 2.42. The molecule has 1 saturated carbocycles. The van der Waals surface area contributed by atoms with Gasteiger partial charge < -0.3 is 11.1 Å². The lowest BCUT2D eigenvalue weighted by atomic mass is 10.1. The van der Waals surface area contributed by atoms with E-state index in [4.69, 9.17) is 5.73 Å². The van der Waals surface area contributed by atoms with Crippen LogP contribution in [-0.2, 0) is 4.79 Å². The lowest BCUT2D eigenvalue weighted by Gasteiger charge is -2.13. The van der Waals surface area contributed by atoms with Crippen LogP contribution in [0.2, 0.25) is 0 Å². The fraction of sp³-hybridized carbons (Fsp3) is 0.909. The normalized spacial score (nSPS) is 35.7. The molecule has 0 spiro atoms. The van der Waals surface area contributed by atoms with E-state index in [-0.39, 0.29) is 17.9 Å². The average Bonchev–Trinajstić information content (AvgIpc) is 2.84. The second-order valence-electron chi connectivity index (χ2n) is 4.65. The Morgan fingerprint density at radius 3 is 2.87 bits per heavy atom. The van der Waals surface area contributed by atoms with Gasteiger partial charge in [0.15, 0.2) is 0 Å². The first-order chi connectivity index (χ1) is 7.25. The molecule has 1 aliphatic carbocycles. The van der Waals surface area contributed by atoms with Crippen molar-refractivity contribution in [2.45, 2.75) is 43.4 Å². The second-order valence-corrected chi connectivity index (χ2v) is 6.06. The van der Waals surface area contributed by atoms with Crippen LogP contribution in [0.5, 0.6) is 0 Å². The Morgan fingerprint density at radius 1 is 1.40 bits per heavy atom. The summed E-state index contributed by atoms with van der Waals surface area (Å²) in [6.45, 7) is 0.856. The molecule has 1 aliphatic heterocycles. The van der Waals surface area contributed by atoms with Crippen molar-refractivity contribution < 1.29 is 4.79 Å². The highest BCUT2D eigenvalue weighted by molar-refractivity contribution is 8.00. The summed E-state index contributed by atoms with van der Waals surface area (Å²) in [5, 5.41) is 3.73. The van der Waals surface area contributed by atoms with Crippen LogP contribution in [0, 0.1) is 5.92 Å². The van der Waals surface area contributed by atoms with Crippen molar-refractivity contribution in [2.75, 3.05) is 12.3 Å². The molecule has 3 atom stereocenters. The van der Waals surface area contributed by atoms with Gasteiger partial charge in [-0.05, 0) is 37.9 Å². The van der Waals surface area contributed by atoms with Crippen LogP contribution in [0.4, 0.5) is 0 Å². The zero-order chi connectivity index (χ0) is 10.7. The number of thioether (sulfide) groups is 1. The lowest BCUT2D eigenvalue weighted by molar-refractivity contribution is -0.124. The van der Waals surface area contributed by atoms with Crippen molar-refractivity contribution in [3.05, 3.63) is 0 Å². The topological polar surface area (TPSA) is 55.1 Å². The van der Waals surface area contributed by atoms with Gasteiger partial charge >= 0.3 is 0 Å². The highest BCUT2D eigenvalue weighted by atomic mass is 32.2. The molecule has 2 rings (SSSR count). The van der Waals surface area contributed by atoms with Crippen molar-refractivity contribution in [2.24, 2.45) is 11.7 Å². The molecule has 3 unspecified atom stereocenters. The van der Waals surface area contributed by atoms with Crippen LogP contribution in [0.15, 0.2) is 0 Å². The first-order valence-corrected chi connectivity index (χ1v) is 6.95. The highest BCUT2D eigenvalue weighted by Crippen LogP contribution is 2.26. The Kier molecular flexibility index (Phi) is 3.92. The van der Waals surface area contributed by atoms with Crippen LogP contribution >= 0.6 is 11.8 Å². The highest BCUT2D eigenvalue weighted by Gasteiger charge is 2.28. The molecule has 1 heterocycles. The molecule has 0 bridgehead atoms. The third kappa shape index (κ3) is 3.11. The van der Waals surface area contributed by atoms with Crippen LogP contribution in [0.25, 0.3) is 0 Å². The van der Waals surface area contributed by atoms with Crippen molar-refractivity contribution in [3.63, 3.8) is 0 Å². The third-order valence-electron chi connectivity index (χ3n) is 3.37. The van der Waals surface area contributed by atoms with E-state index in [1.54, 1.807) is 0 Å². The molecule has 3 nitrogen and oxygen atoms in total. The SMILES string of the molecule is NC1CCC(C(=O)NCC2CCCS2)C1. The summed E-state index contributed by atoms with van der Waals surface area (Å²) in [5.74, 6) is 1.68. The predicted molar refractivity (Wildman–Crippen MR) is 63.8 cm³/mol. The summed E-state index contributed by atoms with van der Waals surface area (Å²) in [4.78, 5) is 11.8. The van der Waals surface area contributed by atoms with Gasteiger partial charge in [-0.15, -0.1) is 0 Å². The van der Waals surface area contributed by atoms with Gasteiger partial charge in [0.05, 0.1) is 0 Å². The van der Waals surface area contributed by atoms with Gasteiger partial charge in [-0.1, -0.05) is 0 Å². The maximum Gasteiger partial charge on any atom is 0.223 e. The smallest absolute Gasteiger partial charge is 0.223 e. The van der Waals surface area contributed by atoms with Crippen LogP contribution in [-0.4, -0.2) is 29.5 Å². The number of nitrogens with one attached hydrogen (secondary N) is 1. The minimum absolute atomic E-state index is 0.186. The molecule has 15 heavy (non-hydrogen) atoms. The third-order valence-corrected chi connectivity index (χ3v) is 4.77. The number of carbonyl (C=O) groups is 1. The summed E-state index contributed by atoms with van der Waals surface area (Å²) in [7, 11) is 0. The van der Waals surface area contributed by atoms with E-state index >= 15 is 0 Å². The first kappa shape index (κ1) is 11.3. The largest absolute Gasteiger partial charge is 0.355 e. The summed E-state index contributed by atoms with van der Waals surface area (Å²) in [6, 6.07) is 0.251. The number of carbonyl (C=O) groups excluding carboxylic acids is 1. The second kappa shape index (κ2) is 5.21. The quantitative estimate of drug-likeness (QED) is 0.761. The molecule has 2 fully saturated rings. The molecular formula is C11H20N2OS. The van der Waals surface area contributed by atoms with Gasteiger partial charge in [0, 0.05) is 23.8 Å². The summed E-state index contributed by atoms with van der Waals surface area (Å²) in [6.07, 6.45) is 5.43. The number of nitrogens with two attached hydrogens (primary N) is 1. The summed E-state index contributed by atoms with van der Waals surface area (Å²) in [5.41, 5.74) is 5.80. The molecule has 3 N–H and O–H groups in total. The van der Waals surface area contributed by atoms with E-state index < -0.39 is 0 Å². The molecule has 1 amide bonds. The molecule has 0 aromatic heterocycles. The molecule has 1 saturated heterocycles. The van der Waals surface area contributed by atoms with Crippen LogP contribution in [0.3, 0.4) is 0 Å². The van der Waals surface area contributed by atoms with Crippen molar-refractivity contribution in [1.82, 2.24) is 5.32 Å². The monoisotopic (exact) mass is 228 g/mol. The number of rotatable bonds is 3.